The number of rotatable bonds is 3. The Morgan fingerprint density at radius 2 is 1.86 bits per heavy atom. The Labute approximate surface area is 167 Å². The van der Waals surface area contributed by atoms with E-state index in [1.54, 1.807) is 30.3 Å². The van der Waals surface area contributed by atoms with Gasteiger partial charge in [0.2, 0.25) is 12.3 Å². The first-order valence-electron chi connectivity index (χ1n) is 8.62. The van der Waals surface area contributed by atoms with E-state index in [9.17, 15) is 0 Å². The fourth-order valence-electron chi connectivity index (χ4n) is 2.74. The maximum Gasteiger partial charge on any atom is 0.247 e. The third-order valence-electron chi connectivity index (χ3n) is 4.09. The molecule has 138 valence electrons. The lowest BCUT2D eigenvalue weighted by Crippen LogP contribution is -1.93. The molecule has 0 aliphatic carbocycles. The highest BCUT2D eigenvalue weighted by atomic mass is 35.5. The molecule has 0 saturated carbocycles. The van der Waals surface area contributed by atoms with Crippen molar-refractivity contribution in [3.05, 3.63) is 71.2 Å². The summed E-state index contributed by atoms with van der Waals surface area (Å²) in [5, 5.41) is 26.2. The molecule has 2 aromatic heterocycles. The Kier molecular flexibility index (Phi) is 6.06. The van der Waals surface area contributed by atoms with E-state index < -0.39 is 0 Å². The molecule has 6 nitrogen and oxygen atoms in total. The molecule has 0 N–H and O–H groups in total. The van der Waals surface area contributed by atoms with E-state index in [4.69, 9.17) is 26.5 Å². The van der Waals surface area contributed by atoms with E-state index >= 15 is 0 Å². The van der Waals surface area contributed by atoms with Crippen molar-refractivity contribution in [2.24, 2.45) is 0 Å². The first kappa shape index (κ1) is 19.2. The van der Waals surface area contributed by atoms with Gasteiger partial charge in [-0.15, -0.1) is 10.2 Å². The Bertz CT molecular complexity index is 1150. The lowest BCUT2D eigenvalue weighted by atomic mass is 10.1. The number of hydrogen-bond acceptors (Lipinski definition) is 5. The molecule has 0 fully saturated rings. The molecular weight excluding hydrogens is 374 g/mol. The second-order valence-electron chi connectivity index (χ2n) is 5.91. The highest BCUT2D eigenvalue weighted by Crippen LogP contribution is 2.27. The zero-order chi connectivity index (χ0) is 19.9. The summed E-state index contributed by atoms with van der Waals surface area (Å²) in [4.78, 5) is 0. The zero-order valence-corrected chi connectivity index (χ0v) is 15.9. The molecule has 0 radical (unpaired) electrons. The van der Waals surface area contributed by atoms with Crippen LogP contribution in [0.15, 0.2) is 59.5 Å². The predicted octanol–water partition coefficient (Wildman–Crippen LogP) is 5.18. The van der Waals surface area contributed by atoms with Crippen LogP contribution in [0.3, 0.4) is 0 Å². The normalized spacial score (nSPS) is 10.0. The summed E-state index contributed by atoms with van der Waals surface area (Å²) in [6.07, 6.45) is 4.37. The number of hydrogen-bond donors (Lipinski definition) is 0. The number of nitrogens with zero attached hydrogens (tertiary/aromatic N) is 5. The summed E-state index contributed by atoms with van der Waals surface area (Å²) in [6.45, 7) is 3.11. The fraction of sp³-hybridized carbons (Fsp3) is 0.143. The number of fused-ring (bicyclic) bond motifs is 1. The smallest absolute Gasteiger partial charge is 0.247 e. The second-order valence-corrected chi connectivity index (χ2v) is 6.29. The Morgan fingerprint density at radius 3 is 2.46 bits per heavy atom. The van der Waals surface area contributed by atoms with Crippen LogP contribution >= 0.6 is 11.6 Å². The molecule has 0 aliphatic heterocycles. The van der Waals surface area contributed by atoms with Crippen LogP contribution in [-0.2, 0) is 6.54 Å². The number of aryl methyl sites for hydroxylation is 1. The van der Waals surface area contributed by atoms with Crippen LogP contribution in [0.1, 0.15) is 24.5 Å². The van der Waals surface area contributed by atoms with Gasteiger partial charge >= 0.3 is 0 Å². The van der Waals surface area contributed by atoms with Gasteiger partial charge in [-0.2, -0.15) is 10.5 Å². The van der Waals surface area contributed by atoms with Crippen molar-refractivity contribution in [3.8, 4) is 23.6 Å². The van der Waals surface area contributed by atoms with Crippen LogP contribution in [0.5, 0.6) is 0 Å². The Morgan fingerprint density at radius 1 is 1.07 bits per heavy atom. The molecule has 2 heterocycles. The standard InChI is InChI=1S/C12H11ClN2.C9H5N3O/c1-2-6-15-7-5-10-11(15)4-3-9(8-14)12(10)13;10-5-7-1-3-8(4-2-7)9-12-11-6-13-9/h3-5,7H,2,6H2,1H3;1-4,6H. The predicted molar refractivity (Wildman–Crippen MR) is 106 cm³/mol. The van der Waals surface area contributed by atoms with Gasteiger partial charge in [0.1, 0.15) is 6.07 Å². The minimum atomic E-state index is 0.462. The lowest BCUT2D eigenvalue weighted by molar-refractivity contribution is 0.568. The van der Waals surface area contributed by atoms with Crippen LogP contribution < -0.4 is 0 Å². The zero-order valence-electron chi connectivity index (χ0n) is 15.1. The molecule has 2 aromatic carbocycles. The summed E-state index contributed by atoms with van der Waals surface area (Å²) >= 11 is 6.12. The van der Waals surface area contributed by atoms with Crippen LogP contribution in [0, 0.1) is 22.7 Å². The molecule has 0 amide bonds. The quantitative estimate of drug-likeness (QED) is 0.481. The van der Waals surface area contributed by atoms with E-state index in [-0.39, 0.29) is 0 Å². The van der Waals surface area contributed by atoms with Crippen LogP contribution in [0.2, 0.25) is 5.02 Å². The lowest BCUT2D eigenvalue weighted by Gasteiger charge is -2.03. The third kappa shape index (κ3) is 4.03. The Balaban J connectivity index is 0.000000162. The summed E-state index contributed by atoms with van der Waals surface area (Å²) < 4.78 is 7.14. The number of halogens is 1. The van der Waals surface area contributed by atoms with Crippen molar-refractivity contribution < 1.29 is 4.42 Å². The molecule has 4 aromatic rings. The minimum Gasteiger partial charge on any atom is -0.423 e. The van der Waals surface area contributed by atoms with Gasteiger partial charge in [0, 0.05) is 29.2 Å². The molecule has 0 aliphatic rings. The molecule has 7 heteroatoms. The average molecular weight is 390 g/mol. The van der Waals surface area contributed by atoms with Crippen molar-refractivity contribution in [1.82, 2.24) is 14.8 Å². The van der Waals surface area contributed by atoms with Crippen molar-refractivity contribution in [2.75, 3.05) is 0 Å². The Hall–Kier alpha value is -3.61. The van der Waals surface area contributed by atoms with Crippen LogP contribution in [0.25, 0.3) is 22.4 Å². The fourth-order valence-corrected chi connectivity index (χ4v) is 3.01. The van der Waals surface area contributed by atoms with E-state index in [1.807, 2.05) is 24.4 Å². The van der Waals surface area contributed by atoms with Crippen molar-refractivity contribution in [3.63, 3.8) is 0 Å². The third-order valence-corrected chi connectivity index (χ3v) is 4.50. The molecule has 0 bridgehead atoms. The van der Waals surface area contributed by atoms with E-state index in [0.29, 0.717) is 22.0 Å². The molecule has 28 heavy (non-hydrogen) atoms. The SMILES string of the molecule is CCCn1ccc2c(Cl)c(C#N)ccc21.N#Cc1ccc(-c2nnco2)cc1. The molecule has 0 unspecified atom stereocenters. The van der Waals surface area contributed by atoms with Gasteiger partial charge in [0.25, 0.3) is 0 Å². The number of benzene rings is 2. The maximum atomic E-state index is 8.85. The van der Waals surface area contributed by atoms with Crippen molar-refractivity contribution in [2.45, 2.75) is 19.9 Å². The monoisotopic (exact) mass is 389 g/mol. The highest BCUT2D eigenvalue weighted by molar-refractivity contribution is 6.36. The van der Waals surface area contributed by atoms with Gasteiger partial charge in [0.15, 0.2) is 0 Å². The van der Waals surface area contributed by atoms with Gasteiger partial charge in [-0.3, -0.25) is 0 Å². The molecular formula is C21H16ClN5O. The van der Waals surface area contributed by atoms with Crippen LogP contribution in [-0.4, -0.2) is 14.8 Å². The number of nitriles is 2. The van der Waals surface area contributed by atoms with Gasteiger partial charge in [-0.1, -0.05) is 18.5 Å². The van der Waals surface area contributed by atoms with Gasteiger partial charge < -0.3 is 8.98 Å². The summed E-state index contributed by atoms with van der Waals surface area (Å²) in [5.74, 6) is 0.462. The largest absolute Gasteiger partial charge is 0.423 e. The van der Waals surface area contributed by atoms with Gasteiger partial charge in [-0.25, -0.2) is 0 Å². The van der Waals surface area contributed by atoms with Gasteiger partial charge in [0.05, 0.1) is 22.2 Å². The topological polar surface area (TPSA) is 91.4 Å². The van der Waals surface area contributed by atoms with E-state index in [1.165, 1.54) is 6.39 Å². The summed E-state index contributed by atoms with van der Waals surface area (Å²) in [7, 11) is 0. The van der Waals surface area contributed by atoms with Crippen molar-refractivity contribution in [1.29, 1.82) is 10.5 Å². The minimum absolute atomic E-state index is 0.462. The average Bonchev–Trinajstić information content (AvgIpc) is 3.40. The molecule has 4 rings (SSSR count). The first-order valence-corrected chi connectivity index (χ1v) is 8.99. The molecule has 0 spiro atoms. The summed E-state index contributed by atoms with van der Waals surface area (Å²) in [6, 6.07) is 16.8. The molecule has 0 saturated heterocycles. The summed E-state index contributed by atoms with van der Waals surface area (Å²) in [5.41, 5.74) is 3.07. The second kappa shape index (κ2) is 8.85. The number of aromatic nitrogens is 3. The maximum absolute atomic E-state index is 8.85. The van der Waals surface area contributed by atoms with Crippen LogP contribution in [0.4, 0.5) is 0 Å². The van der Waals surface area contributed by atoms with E-state index in [0.717, 1.165) is 29.4 Å². The first-order chi connectivity index (χ1) is 13.7. The highest BCUT2D eigenvalue weighted by Gasteiger charge is 2.08. The van der Waals surface area contributed by atoms with Gasteiger partial charge in [-0.05, 0) is 48.9 Å². The molecule has 0 atom stereocenters. The van der Waals surface area contributed by atoms with E-state index in [2.05, 4.69) is 27.8 Å². The van der Waals surface area contributed by atoms with Crippen molar-refractivity contribution >= 4 is 22.5 Å².